The van der Waals surface area contributed by atoms with E-state index in [0.717, 1.165) is 25.4 Å². The Hall–Kier alpha value is -0.570. The molecule has 3 nitrogen and oxygen atoms in total. The minimum atomic E-state index is -0.0193. The van der Waals surface area contributed by atoms with E-state index in [2.05, 4.69) is 32.6 Å². The zero-order chi connectivity index (χ0) is 14.0. The molecule has 0 saturated carbocycles. The van der Waals surface area contributed by atoms with Crippen LogP contribution in [0.15, 0.2) is 0 Å². The van der Waals surface area contributed by atoms with Crippen LogP contribution >= 0.6 is 0 Å². The largest absolute Gasteiger partial charge is 0.339 e. The molecule has 2 fully saturated rings. The summed E-state index contributed by atoms with van der Waals surface area (Å²) in [6.07, 6.45) is 4.81. The molecule has 2 rings (SSSR count). The molecule has 0 aromatic rings. The topological polar surface area (TPSA) is 23.6 Å². The highest BCUT2D eigenvalue weighted by atomic mass is 16.2. The molecular weight excluding hydrogens is 236 g/mol. The van der Waals surface area contributed by atoms with Crippen LogP contribution in [0.1, 0.15) is 53.4 Å². The molecule has 2 heterocycles. The smallest absolute Gasteiger partial charge is 0.232 e. The lowest BCUT2D eigenvalue weighted by Crippen LogP contribution is -2.68. The molecule has 110 valence electrons. The van der Waals surface area contributed by atoms with Crippen molar-refractivity contribution >= 4 is 5.91 Å². The van der Waals surface area contributed by atoms with E-state index in [1.165, 1.54) is 32.4 Å². The van der Waals surface area contributed by atoms with Crippen LogP contribution in [-0.4, -0.2) is 47.9 Å². The van der Waals surface area contributed by atoms with Gasteiger partial charge >= 0.3 is 0 Å². The second-order valence-electron chi connectivity index (χ2n) is 6.83. The fourth-order valence-corrected chi connectivity index (χ4v) is 3.69. The van der Waals surface area contributed by atoms with Gasteiger partial charge in [0.15, 0.2) is 0 Å². The highest BCUT2D eigenvalue weighted by Gasteiger charge is 2.54. The molecule has 0 aliphatic carbocycles. The first-order valence-corrected chi connectivity index (χ1v) is 8.06. The van der Waals surface area contributed by atoms with Crippen LogP contribution in [0.4, 0.5) is 0 Å². The van der Waals surface area contributed by atoms with Gasteiger partial charge in [0, 0.05) is 25.7 Å². The van der Waals surface area contributed by atoms with E-state index in [-0.39, 0.29) is 5.41 Å². The van der Waals surface area contributed by atoms with Crippen molar-refractivity contribution < 1.29 is 4.79 Å². The van der Waals surface area contributed by atoms with E-state index < -0.39 is 0 Å². The molecule has 1 amide bonds. The van der Waals surface area contributed by atoms with Crippen LogP contribution in [-0.2, 0) is 4.79 Å². The Morgan fingerprint density at radius 2 is 1.89 bits per heavy atom. The van der Waals surface area contributed by atoms with Crippen LogP contribution in [0.2, 0.25) is 0 Å². The molecule has 2 aliphatic rings. The minimum Gasteiger partial charge on any atom is -0.339 e. The maximum atomic E-state index is 12.4. The first kappa shape index (κ1) is 14.8. The Morgan fingerprint density at radius 1 is 1.21 bits per heavy atom. The van der Waals surface area contributed by atoms with Gasteiger partial charge in [-0.05, 0) is 39.2 Å². The van der Waals surface area contributed by atoms with Gasteiger partial charge < -0.3 is 9.80 Å². The van der Waals surface area contributed by atoms with Gasteiger partial charge in [-0.2, -0.15) is 0 Å². The lowest BCUT2D eigenvalue weighted by molar-refractivity contribution is -0.169. The number of nitrogens with zero attached hydrogens (tertiary/aromatic N) is 2. The van der Waals surface area contributed by atoms with Crippen molar-refractivity contribution in [3.63, 3.8) is 0 Å². The van der Waals surface area contributed by atoms with E-state index >= 15 is 0 Å². The average molecular weight is 266 g/mol. The number of piperidine rings is 1. The minimum absolute atomic E-state index is 0.0193. The predicted molar refractivity (Wildman–Crippen MR) is 79.0 cm³/mol. The van der Waals surface area contributed by atoms with Crippen molar-refractivity contribution in [1.29, 1.82) is 0 Å². The summed E-state index contributed by atoms with van der Waals surface area (Å²) in [7, 11) is 0. The van der Waals surface area contributed by atoms with Crippen molar-refractivity contribution in [2.75, 3.05) is 26.2 Å². The summed E-state index contributed by atoms with van der Waals surface area (Å²) in [5.41, 5.74) is -0.0193. The van der Waals surface area contributed by atoms with E-state index in [9.17, 15) is 4.79 Å². The van der Waals surface area contributed by atoms with Crippen LogP contribution < -0.4 is 0 Å². The number of amides is 1. The zero-order valence-electron chi connectivity index (χ0n) is 13.1. The molecule has 19 heavy (non-hydrogen) atoms. The molecule has 0 aromatic heterocycles. The molecule has 1 unspecified atom stereocenters. The van der Waals surface area contributed by atoms with Gasteiger partial charge in [0.1, 0.15) is 0 Å². The number of hydrogen-bond acceptors (Lipinski definition) is 2. The Bertz CT molecular complexity index is 325. The molecule has 0 N–H and O–H groups in total. The van der Waals surface area contributed by atoms with E-state index in [0.29, 0.717) is 11.9 Å². The third-order valence-corrected chi connectivity index (χ3v) is 5.14. The molecule has 1 atom stereocenters. The fraction of sp³-hybridized carbons (Fsp3) is 0.938. The van der Waals surface area contributed by atoms with Gasteiger partial charge in [0.2, 0.25) is 5.91 Å². The van der Waals surface area contributed by atoms with E-state index in [1.54, 1.807) is 0 Å². The summed E-state index contributed by atoms with van der Waals surface area (Å²) in [4.78, 5) is 17.0. The summed E-state index contributed by atoms with van der Waals surface area (Å²) >= 11 is 0. The van der Waals surface area contributed by atoms with Crippen molar-refractivity contribution in [1.82, 2.24) is 9.80 Å². The number of β-lactam (4-membered cyclic amide) rings is 1. The Labute approximate surface area is 118 Å². The van der Waals surface area contributed by atoms with Crippen LogP contribution in [0.3, 0.4) is 0 Å². The van der Waals surface area contributed by atoms with E-state index in [4.69, 9.17) is 0 Å². The number of likely N-dealkylation sites (tertiary alicyclic amines) is 2. The molecule has 3 heteroatoms. The number of rotatable bonds is 5. The zero-order valence-corrected chi connectivity index (χ0v) is 13.1. The Balaban J connectivity index is 1.93. The van der Waals surface area contributed by atoms with Crippen LogP contribution in [0.25, 0.3) is 0 Å². The number of carbonyl (C=O) groups is 1. The van der Waals surface area contributed by atoms with Gasteiger partial charge in [0.25, 0.3) is 0 Å². The van der Waals surface area contributed by atoms with Gasteiger partial charge in [-0.1, -0.05) is 26.7 Å². The van der Waals surface area contributed by atoms with Crippen molar-refractivity contribution in [3.8, 4) is 0 Å². The van der Waals surface area contributed by atoms with Gasteiger partial charge in [0.05, 0.1) is 5.41 Å². The second-order valence-corrected chi connectivity index (χ2v) is 6.83. The monoisotopic (exact) mass is 266 g/mol. The van der Waals surface area contributed by atoms with Crippen molar-refractivity contribution in [2.45, 2.75) is 59.4 Å². The maximum absolute atomic E-state index is 12.4. The quantitative estimate of drug-likeness (QED) is 0.714. The second kappa shape index (κ2) is 5.82. The summed E-state index contributed by atoms with van der Waals surface area (Å²) in [5, 5.41) is 0. The van der Waals surface area contributed by atoms with Crippen LogP contribution in [0, 0.1) is 11.3 Å². The van der Waals surface area contributed by atoms with Gasteiger partial charge in [-0.15, -0.1) is 0 Å². The number of carbonyl (C=O) groups excluding carboxylic acids is 1. The summed E-state index contributed by atoms with van der Waals surface area (Å²) in [5.74, 6) is 1.21. The lowest BCUT2D eigenvalue weighted by atomic mass is 9.71. The summed E-state index contributed by atoms with van der Waals surface area (Å²) in [6.45, 7) is 13.2. The first-order valence-electron chi connectivity index (χ1n) is 8.06. The Morgan fingerprint density at radius 3 is 2.42 bits per heavy atom. The first-order chi connectivity index (χ1) is 9.02. The van der Waals surface area contributed by atoms with Crippen molar-refractivity contribution in [3.05, 3.63) is 0 Å². The maximum Gasteiger partial charge on any atom is 0.232 e. The van der Waals surface area contributed by atoms with Gasteiger partial charge in [-0.25, -0.2) is 0 Å². The molecule has 2 saturated heterocycles. The molecule has 1 spiro atoms. The SMILES string of the molecule is CCC(CC)CN1CCCC2(C1)CN(C(C)C)C2=O. The average Bonchev–Trinajstić information content (AvgIpc) is 2.42. The number of hydrogen-bond donors (Lipinski definition) is 0. The standard InChI is InChI=1S/C16H30N2O/c1-5-14(6-2)10-17-9-7-8-16(11-17)12-18(13(3)4)15(16)19/h13-14H,5-12H2,1-4H3. The highest BCUT2D eigenvalue weighted by molar-refractivity contribution is 5.89. The normalized spacial score (nSPS) is 28.5. The van der Waals surface area contributed by atoms with Crippen LogP contribution in [0.5, 0.6) is 0 Å². The molecule has 2 aliphatic heterocycles. The van der Waals surface area contributed by atoms with Crippen molar-refractivity contribution in [2.24, 2.45) is 11.3 Å². The predicted octanol–water partition coefficient (Wildman–Crippen LogP) is 2.76. The third-order valence-electron chi connectivity index (χ3n) is 5.14. The molecular formula is C16H30N2O. The fourth-order valence-electron chi connectivity index (χ4n) is 3.69. The Kier molecular flexibility index (Phi) is 4.54. The highest BCUT2D eigenvalue weighted by Crippen LogP contribution is 2.41. The molecule has 0 aromatic carbocycles. The summed E-state index contributed by atoms with van der Waals surface area (Å²) in [6, 6.07) is 0.368. The van der Waals surface area contributed by atoms with Gasteiger partial charge in [-0.3, -0.25) is 4.79 Å². The molecule has 0 radical (unpaired) electrons. The third kappa shape index (κ3) is 2.81. The summed E-state index contributed by atoms with van der Waals surface area (Å²) < 4.78 is 0. The lowest BCUT2D eigenvalue weighted by Gasteiger charge is -2.55. The molecule has 0 bridgehead atoms. The van der Waals surface area contributed by atoms with E-state index in [1.807, 2.05) is 4.90 Å².